The van der Waals surface area contributed by atoms with Gasteiger partial charge in [-0.05, 0) is 43.4 Å². The van der Waals surface area contributed by atoms with Gasteiger partial charge in [-0.1, -0.05) is 67.6 Å². The second kappa shape index (κ2) is 8.30. The molecular formula is C22H28N2O. The van der Waals surface area contributed by atoms with Gasteiger partial charge in [0.15, 0.2) is 0 Å². The maximum atomic E-state index is 13.0. The number of amides is 1. The summed E-state index contributed by atoms with van der Waals surface area (Å²) in [7, 11) is 0. The molecule has 3 rings (SSSR count). The van der Waals surface area contributed by atoms with Crippen LogP contribution in [0.25, 0.3) is 0 Å². The van der Waals surface area contributed by atoms with Crippen LogP contribution in [0.3, 0.4) is 0 Å². The van der Waals surface area contributed by atoms with Crippen LogP contribution in [-0.2, 0) is 4.79 Å². The van der Waals surface area contributed by atoms with Crippen molar-refractivity contribution in [2.24, 2.45) is 5.92 Å². The van der Waals surface area contributed by atoms with Crippen LogP contribution in [0.5, 0.6) is 0 Å². The van der Waals surface area contributed by atoms with Crippen molar-refractivity contribution >= 4 is 5.91 Å². The molecule has 132 valence electrons. The zero-order valence-corrected chi connectivity index (χ0v) is 15.2. The monoisotopic (exact) mass is 336 g/mol. The lowest BCUT2D eigenvalue weighted by Gasteiger charge is -2.35. The first-order valence-corrected chi connectivity index (χ1v) is 9.29. The fraction of sp³-hybridized carbons (Fsp3) is 0.409. The van der Waals surface area contributed by atoms with Gasteiger partial charge in [-0.15, -0.1) is 0 Å². The quantitative estimate of drug-likeness (QED) is 0.894. The van der Waals surface area contributed by atoms with Crippen LogP contribution in [-0.4, -0.2) is 29.9 Å². The number of piperidine rings is 1. The van der Waals surface area contributed by atoms with Gasteiger partial charge in [-0.2, -0.15) is 0 Å². The summed E-state index contributed by atoms with van der Waals surface area (Å²) in [5.74, 6) is 0.773. The number of nitrogens with zero attached hydrogens (tertiary/aromatic N) is 1. The van der Waals surface area contributed by atoms with E-state index >= 15 is 0 Å². The highest BCUT2D eigenvalue weighted by Crippen LogP contribution is 2.23. The summed E-state index contributed by atoms with van der Waals surface area (Å²) in [6.07, 6.45) is 2.45. The van der Waals surface area contributed by atoms with Crippen molar-refractivity contribution in [2.75, 3.05) is 13.1 Å². The second-order valence-electron chi connectivity index (χ2n) is 7.18. The smallest absolute Gasteiger partial charge is 0.237 e. The van der Waals surface area contributed by atoms with Gasteiger partial charge < -0.3 is 5.32 Å². The maximum Gasteiger partial charge on any atom is 0.237 e. The highest BCUT2D eigenvalue weighted by Gasteiger charge is 2.27. The van der Waals surface area contributed by atoms with Crippen LogP contribution >= 0.6 is 0 Å². The van der Waals surface area contributed by atoms with E-state index in [0.717, 1.165) is 24.2 Å². The second-order valence-corrected chi connectivity index (χ2v) is 7.18. The summed E-state index contributed by atoms with van der Waals surface area (Å²) >= 11 is 0. The van der Waals surface area contributed by atoms with E-state index in [-0.39, 0.29) is 18.0 Å². The Labute approximate surface area is 151 Å². The van der Waals surface area contributed by atoms with Gasteiger partial charge in [-0.25, -0.2) is 0 Å². The Kier molecular flexibility index (Phi) is 5.87. The van der Waals surface area contributed by atoms with Crippen molar-refractivity contribution in [1.29, 1.82) is 0 Å². The van der Waals surface area contributed by atoms with Gasteiger partial charge >= 0.3 is 0 Å². The predicted molar refractivity (Wildman–Crippen MR) is 102 cm³/mol. The Morgan fingerprint density at radius 3 is 2.12 bits per heavy atom. The van der Waals surface area contributed by atoms with E-state index in [4.69, 9.17) is 0 Å². The maximum absolute atomic E-state index is 13.0. The third-order valence-electron chi connectivity index (χ3n) is 5.17. The number of benzene rings is 2. The standard InChI is InChI=1S/C22H28N2O/c1-17-10-9-15-24(16-17)18(2)22(25)23-21(19-11-5-3-6-12-19)20-13-7-4-8-14-20/h3-8,11-14,17-18,21H,9-10,15-16H2,1-2H3,(H,23,25)/t17-,18-/m0/s1. The molecule has 1 aliphatic rings. The first-order valence-electron chi connectivity index (χ1n) is 9.29. The molecule has 0 unspecified atom stereocenters. The summed E-state index contributed by atoms with van der Waals surface area (Å²) in [6, 6.07) is 20.2. The molecule has 1 amide bonds. The Hall–Kier alpha value is -2.13. The van der Waals surface area contributed by atoms with Crippen molar-refractivity contribution in [3.05, 3.63) is 71.8 Å². The summed E-state index contributed by atoms with van der Waals surface area (Å²) in [5, 5.41) is 3.28. The molecule has 2 aromatic rings. The molecule has 3 heteroatoms. The normalized spacial score (nSPS) is 19.6. The lowest BCUT2D eigenvalue weighted by molar-refractivity contribution is -0.127. The number of hydrogen-bond acceptors (Lipinski definition) is 2. The molecule has 2 aromatic carbocycles. The molecule has 0 saturated carbocycles. The van der Waals surface area contributed by atoms with Gasteiger partial charge in [0.05, 0.1) is 12.1 Å². The number of carbonyl (C=O) groups is 1. The molecule has 2 atom stereocenters. The summed E-state index contributed by atoms with van der Waals surface area (Å²) in [6.45, 7) is 6.32. The first-order chi connectivity index (χ1) is 12.1. The molecule has 3 nitrogen and oxygen atoms in total. The van der Waals surface area contributed by atoms with E-state index in [2.05, 4.69) is 41.4 Å². The average Bonchev–Trinajstić information content (AvgIpc) is 2.66. The summed E-state index contributed by atoms with van der Waals surface area (Å²) in [5.41, 5.74) is 2.22. The third kappa shape index (κ3) is 4.49. The van der Waals surface area contributed by atoms with Crippen molar-refractivity contribution in [2.45, 2.75) is 38.8 Å². The number of carbonyl (C=O) groups excluding carboxylic acids is 1. The molecule has 25 heavy (non-hydrogen) atoms. The van der Waals surface area contributed by atoms with Gasteiger partial charge in [0.2, 0.25) is 5.91 Å². The Bertz CT molecular complexity index is 631. The van der Waals surface area contributed by atoms with E-state index < -0.39 is 0 Å². The number of nitrogens with one attached hydrogen (secondary N) is 1. The zero-order chi connectivity index (χ0) is 17.6. The lowest BCUT2D eigenvalue weighted by Crippen LogP contribution is -2.49. The van der Waals surface area contributed by atoms with Crippen molar-refractivity contribution < 1.29 is 4.79 Å². The number of hydrogen-bond donors (Lipinski definition) is 1. The highest BCUT2D eigenvalue weighted by atomic mass is 16.2. The van der Waals surface area contributed by atoms with Crippen LogP contribution in [0.2, 0.25) is 0 Å². The van der Waals surface area contributed by atoms with E-state index in [1.54, 1.807) is 0 Å². The molecule has 1 N–H and O–H groups in total. The van der Waals surface area contributed by atoms with Crippen LogP contribution < -0.4 is 5.32 Å². The third-order valence-corrected chi connectivity index (χ3v) is 5.17. The topological polar surface area (TPSA) is 32.3 Å². The minimum atomic E-state index is -0.112. The molecule has 0 aliphatic carbocycles. The van der Waals surface area contributed by atoms with Gasteiger partial charge in [0.25, 0.3) is 0 Å². The lowest BCUT2D eigenvalue weighted by atomic mass is 9.97. The molecule has 1 saturated heterocycles. The highest BCUT2D eigenvalue weighted by molar-refractivity contribution is 5.82. The van der Waals surface area contributed by atoms with Gasteiger partial charge in [0, 0.05) is 6.54 Å². The SMILES string of the molecule is C[C@H]1CCCN([C@@H](C)C(=O)NC(c2ccccc2)c2ccccc2)C1. The Balaban J connectivity index is 1.77. The molecule has 0 bridgehead atoms. The number of likely N-dealkylation sites (tertiary alicyclic amines) is 1. The van der Waals surface area contributed by atoms with Crippen LogP contribution in [0.4, 0.5) is 0 Å². The van der Waals surface area contributed by atoms with E-state index in [1.165, 1.54) is 12.8 Å². The molecule has 0 spiro atoms. The molecule has 1 fully saturated rings. The summed E-state index contributed by atoms with van der Waals surface area (Å²) in [4.78, 5) is 15.3. The predicted octanol–water partition coefficient (Wildman–Crippen LogP) is 4.01. The first kappa shape index (κ1) is 17.7. The van der Waals surface area contributed by atoms with Crippen molar-refractivity contribution in [3.8, 4) is 0 Å². The average molecular weight is 336 g/mol. The molecule has 0 aromatic heterocycles. The minimum Gasteiger partial charge on any atom is -0.344 e. The molecule has 1 aliphatic heterocycles. The Morgan fingerprint density at radius 2 is 1.60 bits per heavy atom. The Morgan fingerprint density at radius 1 is 1.04 bits per heavy atom. The van der Waals surface area contributed by atoms with E-state index in [9.17, 15) is 4.79 Å². The summed E-state index contributed by atoms with van der Waals surface area (Å²) < 4.78 is 0. The van der Waals surface area contributed by atoms with Crippen LogP contribution in [0.15, 0.2) is 60.7 Å². The zero-order valence-electron chi connectivity index (χ0n) is 15.2. The van der Waals surface area contributed by atoms with Crippen LogP contribution in [0, 0.1) is 5.92 Å². The fourth-order valence-electron chi connectivity index (χ4n) is 3.66. The van der Waals surface area contributed by atoms with Crippen LogP contribution in [0.1, 0.15) is 43.9 Å². The van der Waals surface area contributed by atoms with Crippen molar-refractivity contribution in [3.63, 3.8) is 0 Å². The molecular weight excluding hydrogens is 308 g/mol. The number of rotatable bonds is 5. The fourth-order valence-corrected chi connectivity index (χ4v) is 3.66. The van der Waals surface area contributed by atoms with Gasteiger partial charge in [0.1, 0.15) is 0 Å². The van der Waals surface area contributed by atoms with Gasteiger partial charge in [-0.3, -0.25) is 9.69 Å². The largest absolute Gasteiger partial charge is 0.344 e. The van der Waals surface area contributed by atoms with E-state index in [0.29, 0.717) is 5.92 Å². The molecule has 0 radical (unpaired) electrons. The van der Waals surface area contributed by atoms with Crippen molar-refractivity contribution in [1.82, 2.24) is 10.2 Å². The van der Waals surface area contributed by atoms with E-state index in [1.807, 2.05) is 43.3 Å². The molecule has 1 heterocycles. The minimum absolute atomic E-state index is 0.0994.